The van der Waals surface area contributed by atoms with Gasteiger partial charge in [0.1, 0.15) is 5.69 Å². The van der Waals surface area contributed by atoms with Crippen molar-refractivity contribution in [1.82, 2.24) is 14.9 Å². The highest BCUT2D eigenvalue weighted by Crippen LogP contribution is 2.30. The minimum Gasteiger partial charge on any atom is -0.351 e. The molecular formula is C12H13F3N4. The first kappa shape index (κ1) is 13.5. The van der Waals surface area contributed by atoms with E-state index in [1.54, 1.807) is 18.9 Å². The molecule has 0 aliphatic carbocycles. The third-order valence-corrected chi connectivity index (χ3v) is 2.88. The second-order valence-corrected chi connectivity index (χ2v) is 4.37. The van der Waals surface area contributed by atoms with Gasteiger partial charge in [-0.25, -0.2) is 4.98 Å². The monoisotopic (exact) mass is 270 g/mol. The molecule has 2 heterocycles. The van der Waals surface area contributed by atoms with Gasteiger partial charge in [-0.05, 0) is 19.9 Å². The van der Waals surface area contributed by atoms with Gasteiger partial charge < -0.3 is 4.90 Å². The second kappa shape index (κ2) is 4.64. The summed E-state index contributed by atoms with van der Waals surface area (Å²) in [4.78, 5) is 13.3. The van der Waals surface area contributed by atoms with E-state index in [9.17, 15) is 13.2 Å². The van der Waals surface area contributed by atoms with E-state index in [4.69, 9.17) is 0 Å². The van der Waals surface area contributed by atoms with Crippen molar-refractivity contribution in [2.45, 2.75) is 26.2 Å². The Balaban J connectivity index is 2.40. The van der Waals surface area contributed by atoms with Crippen LogP contribution in [0.2, 0.25) is 0 Å². The third-order valence-electron chi connectivity index (χ3n) is 2.88. The minimum atomic E-state index is -4.50. The van der Waals surface area contributed by atoms with Gasteiger partial charge in [0, 0.05) is 18.5 Å². The zero-order valence-electron chi connectivity index (χ0n) is 10.7. The summed E-state index contributed by atoms with van der Waals surface area (Å²) in [6.07, 6.45) is -1.19. The normalized spacial score (nSPS) is 20.1. The Labute approximate surface area is 108 Å². The van der Waals surface area contributed by atoms with Crippen LogP contribution in [0.15, 0.2) is 29.2 Å². The number of halogens is 3. The van der Waals surface area contributed by atoms with Crippen molar-refractivity contribution in [2.75, 3.05) is 7.05 Å². The van der Waals surface area contributed by atoms with Gasteiger partial charge in [-0.1, -0.05) is 0 Å². The van der Waals surface area contributed by atoms with E-state index in [-0.39, 0.29) is 5.69 Å². The van der Waals surface area contributed by atoms with E-state index in [0.717, 1.165) is 11.4 Å². The molecule has 102 valence electrons. The Hall–Kier alpha value is -1.92. The van der Waals surface area contributed by atoms with Gasteiger partial charge in [-0.2, -0.15) is 13.2 Å². The molecule has 7 heteroatoms. The Kier molecular flexibility index (Phi) is 3.30. The molecule has 1 aromatic rings. The van der Waals surface area contributed by atoms with Crippen molar-refractivity contribution in [3.8, 4) is 0 Å². The number of aromatic nitrogens is 2. The molecular weight excluding hydrogens is 257 g/mol. The van der Waals surface area contributed by atoms with Gasteiger partial charge in [-0.15, -0.1) is 0 Å². The lowest BCUT2D eigenvalue weighted by Crippen LogP contribution is -2.27. The number of allylic oxidation sites excluding steroid dienone is 2. The van der Waals surface area contributed by atoms with Crippen molar-refractivity contribution in [3.63, 3.8) is 0 Å². The van der Waals surface area contributed by atoms with Crippen LogP contribution < -0.4 is 0 Å². The van der Waals surface area contributed by atoms with Crippen molar-refractivity contribution in [2.24, 2.45) is 4.99 Å². The first-order valence-corrected chi connectivity index (χ1v) is 5.63. The first-order chi connectivity index (χ1) is 8.79. The minimum absolute atomic E-state index is 0.184. The van der Waals surface area contributed by atoms with Crippen molar-refractivity contribution in [1.29, 1.82) is 0 Å². The number of aliphatic imine (C=N–C) groups is 1. The lowest BCUT2D eigenvalue weighted by atomic mass is 10.2. The molecule has 0 amide bonds. The van der Waals surface area contributed by atoms with Gasteiger partial charge >= 0.3 is 6.18 Å². The van der Waals surface area contributed by atoms with Gasteiger partial charge in [0.05, 0.1) is 12.4 Å². The van der Waals surface area contributed by atoms with E-state index in [2.05, 4.69) is 15.0 Å². The van der Waals surface area contributed by atoms with Crippen LogP contribution in [0.5, 0.6) is 0 Å². The Morgan fingerprint density at radius 2 is 1.89 bits per heavy atom. The fourth-order valence-corrected chi connectivity index (χ4v) is 1.82. The number of rotatable bonds is 1. The van der Waals surface area contributed by atoms with Crippen LogP contribution >= 0.6 is 0 Å². The third kappa shape index (κ3) is 2.74. The number of alkyl halides is 3. The molecule has 1 aliphatic heterocycles. The summed E-state index contributed by atoms with van der Waals surface area (Å²) < 4.78 is 37.9. The maximum absolute atomic E-state index is 12.6. The molecule has 0 fully saturated rings. The van der Waals surface area contributed by atoms with E-state index >= 15 is 0 Å². The number of hydrogen-bond acceptors (Lipinski definition) is 4. The standard InChI is InChI=1S/C12H13F3N4/c1-7-4-8(2)19(3)11(17-7)9-5-16-6-10(18-9)12(13,14)15/h4-6,11H,1-3H3. The maximum Gasteiger partial charge on any atom is 0.434 e. The predicted octanol–water partition coefficient (Wildman–Crippen LogP) is 2.80. The topological polar surface area (TPSA) is 41.4 Å². The van der Waals surface area contributed by atoms with E-state index in [1.807, 2.05) is 13.0 Å². The second-order valence-electron chi connectivity index (χ2n) is 4.37. The van der Waals surface area contributed by atoms with E-state index in [0.29, 0.717) is 6.20 Å². The summed E-state index contributed by atoms with van der Waals surface area (Å²) in [5, 5.41) is 0. The van der Waals surface area contributed by atoms with E-state index < -0.39 is 18.0 Å². The van der Waals surface area contributed by atoms with Crippen LogP contribution in [-0.2, 0) is 6.18 Å². The molecule has 1 atom stereocenters. The van der Waals surface area contributed by atoms with Crippen LogP contribution in [-0.4, -0.2) is 27.6 Å². The van der Waals surface area contributed by atoms with Crippen LogP contribution in [0.4, 0.5) is 13.2 Å². The highest BCUT2D eigenvalue weighted by Gasteiger charge is 2.34. The summed E-state index contributed by atoms with van der Waals surface area (Å²) in [6, 6.07) is 0. The quantitative estimate of drug-likeness (QED) is 0.788. The molecule has 4 nitrogen and oxygen atoms in total. The smallest absolute Gasteiger partial charge is 0.351 e. The summed E-state index contributed by atoms with van der Waals surface area (Å²) in [7, 11) is 1.76. The number of hydrogen-bond donors (Lipinski definition) is 0. The van der Waals surface area contributed by atoms with Gasteiger partial charge in [0.15, 0.2) is 11.9 Å². The van der Waals surface area contributed by atoms with Gasteiger partial charge in [0.25, 0.3) is 0 Å². The Bertz CT molecular complexity index is 548. The molecule has 0 bridgehead atoms. The summed E-state index contributed by atoms with van der Waals surface area (Å²) in [5.74, 6) is 0. The lowest BCUT2D eigenvalue weighted by molar-refractivity contribution is -0.141. The Morgan fingerprint density at radius 3 is 2.53 bits per heavy atom. The lowest BCUT2D eigenvalue weighted by Gasteiger charge is -2.30. The largest absolute Gasteiger partial charge is 0.434 e. The van der Waals surface area contributed by atoms with E-state index in [1.165, 1.54) is 6.20 Å². The summed E-state index contributed by atoms with van der Waals surface area (Å²) >= 11 is 0. The highest BCUT2D eigenvalue weighted by atomic mass is 19.4. The van der Waals surface area contributed by atoms with Crippen LogP contribution in [0.25, 0.3) is 0 Å². The van der Waals surface area contributed by atoms with Gasteiger partial charge in [0.2, 0.25) is 0 Å². The first-order valence-electron chi connectivity index (χ1n) is 5.63. The van der Waals surface area contributed by atoms with Crippen molar-refractivity contribution in [3.05, 3.63) is 35.6 Å². The fraction of sp³-hybridized carbons (Fsp3) is 0.417. The molecule has 0 saturated heterocycles. The van der Waals surface area contributed by atoms with Crippen LogP contribution in [0.1, 0.15) is 31.4 Å². The molecule has 0 radical (unpaired) electrons. The number of nitrogens with zero attached hydrogens (tertiary/aromatic N) is 4. The predicted molar refractivity (Wildman–Crippen MR) is 64.4 cm³/mol. The highest BCUT2D eigenvalue weighted by molar-refractivity contribution is 5.94. The molecule has 0 N–H and O–H groups in total. The summed E-state index contributed by atoms with van der Waals surface area (Å²) in [5.41, 5.74) is 0.846. The summed E-state index contributed by atoms with van der Waals surface area (Å²) in [6.45, 7) is 3.66. The fourth-order valence-electron chi connectivity index (χ4n) is 1.82. The van der Waals surface area contributed by atoms with Crippen molar-refractivity contribution < 1.29 is 13.2 Å². The molecule has 0 spiro atoms. The molecule has 1 aromatic heterocycles. The average molecular weight is 270 g/mol. The molecule has 19 heavy (non-hydrogen) atoms. The van der Waals surface area contributed by atoms with Crippen molar-refractivity contribution >= 4 is 5.71 Å². The maximum atomic E-state index is 12.6. The SMILES string of the molecule is CC1=CC(C)=NC(c2cncc(C(F)(F)F)n2)N1C. The molecule has 1 unspecified atom stereocenters. The molecule has 2 rings (SSSR count). The zero-order valence-corrected chi connectivity index (χ0v) is 10.7. The van der Waals surface area contributed by atoms with Crippen LogP contribution in [0, 0.1) is 0 Å². The van der Waals surface area contributed by atoms with Gasteiger partial charge in [-0.3, -0.25) is 9.98 Å². The molecule has 1 aliphatic rings. The zero-order chi connectivity index (χ0) is 14.2. The molecule has 0 aromatic carbocycles. The average Bonchev–Trinajstić information content (AvgIpc) is 2.33. The van der Waals surface area contributed by atoms with Crippen LogP contribution in [0.3, 0.4) is 0 Å². The molecule has 0 saturated carbocycles. The Morgan fingerprint density at radius 1 is 1.21 bits per heavy atom.